The molecule has 3 rings (SSSR count). The van der Waals surface area contributed by atoms with Gasteiger partial charge in [0.1, 0.15) is 10.7 Å². The van der Waals surface area contributed by atoms with E-state index in [1.807, 2.05) is 11.8 Å². The van der Waals surface area contributed by atoms with Crippen molar-refractivity contribution < 1.29 is 17.6 Å². The Morgan fingerprint density at radius 2 is 1.80 bits per heavy atom. The molecule has 1 atom stereocenters. The van der Waals surface area contributed by atoms with Crippen molar-refractivity contribution in [2.24, 2.45) is 0 Å². The Labute approximate surface area is 185 Å². The molecule has 1 N–H and O–H groups in total. The monoisotopic (exact) mass is 473 g/mol. The highest BCUT2D eigenvalue weighted by molar-refractivity contribution is 7.89. The van der Waals surface area contributed by atoms with Crippen LogP contribution in [0.4, 0.5) is 4.39 Å². The van der Waals surface area contributed by atoms with Crippen molar-refractivity contribution in [2.75, 3.05) is 32.7 Å². The predicted molar refractivity (Wildman–Crippen MR) is 115 cm³/mol. The Bertz CT molecular complexity index is 1030. The lowest BCUT2D eigenvalue weighted by atomic mass is 10.1. The van der Waals surface area contributed by atoms with E-state index < -0.39 is 15.8 Å². The van der Waals surface area contributed by atoms with Gasteiger partial charge in [-0.1, -0.05) is 41.4 Å². The summed E-state index contributed by atoms with van der Waals surface area (Å²) in [7, 11) is -3.90. The minimum Gasteiger partial charge on any atom is -0.348 e. The second-order valence-electron chi connectivity index (χ2n) is 7.07. The van der Waals surface area contributed by atoms with Crippen molar-refractivity contribution in [3.8, 4) is 0 Å². The molecule has 0 bridgehead atoms. The van der Waals surface area contributed by atoms with Gasteiger partial charge in [0.25, 0.3) is 0 Å². The number of amides is 1. The lowest BCUT2D eigenvalue weighted by molar-refractivity contribution is -0.123. The first kappa shape index (κ1) is 23.0. The zero-order valence-corrected chi connectivity index (χ0v) is 18.6. The van der Waals surface area contributed by atoms with E-state index in [-0.39, 0.29) is 36.5 Å². The van der Waals surface area contributed by atoms with Crippen LogP contribution in [0, 0.1) is 5.82 Å². The van der Waals surface area contributed by atoms with Crippen LogP contribution >= 0.6 is 23.2 Å². The van der Waals surface area contributed by atoms with E-state index >= 15 is 0 Å². The van der Waals surface area contributed by atoms with Crippen LogP contribution in [0.1, 0.15) is 18.5 Å². The smallest absolute Gasteiger partial charge is 0.246 e. The summed E-state index contributed by atoms with van der Waals surface area (Å²) < 4.78 is 40.5. The molecule has 1 fully saturated rings. The maximum atomic E-state index is 13.9. The molecule has 30 heavy (non-hydrogen) atoms. The fourth-order valence-corrected chi connectivity index (χ4v) is 5.40. The fourth-order valence-electron chi connectivity index (χ4n) is 3.34. The number of carbonyl (C=O) groups excluding carboxylic acids is 1. The van der Waals surface area contributed by atoms with Crippen molar-refractivity contribution in [3.63, 3.8) is 0 Å². The summed E-state index contributed by atoms with van der Waals surface area (Å²) in [5.41, 5.74) is 0.759. The average molecular weight is 474 g/mol. The maximum Gasteiger partial charge on any atom is 0.246 e. The highest BCUT2D eigenvalue weighted by atomic mass is 35.5. The van der Waals surface area contributed by atoms with E-state index in [9.17, 15) is 17.6 Å². The maximum absolute atomic E-state index is 13.9. The van der Waals surface area contributed by atoms with Crippen molar-refractivity contribution >= 4 is 39.1 Å². The van der Waals surface area contributed by atoms with Gasteiger partial charge in [0, 0.05) is 36.2 Å². The minimum absolute atomic E-state index is 0.128. The number of carbonyl (C=O) groups is 1. The Balaban J connectivity index is 1.54. The van der Waals surface area contributed by atoms with Crippen molar-refractivity contribution in [1.29, 1.82) is 0 Å². The SMILES string of the molecule is CC(NC(=O)CN1CCN(S(=O)(=O)c2ccccc2F)CC1)c1ccc(Cl)cc1Cl. The molecule has 1 aliphatic rings. The first-order chi connectivity index (χ1) is 14.2. The number of piperazine rings is 1. The topological polar surface area (TPSA) is 69.7 Å². The minimum atomic E-state index is -3.90. The molecule has 1 amide bonds. The standard InChI is InChI=1S/C20H22Cl2FN3O3S/c1-14(16-7-6-15(21)12-17(16)22)24-20(27)13-25-8-10-26(11-9-25)30(28,29)19-5-3-2-4-18(19)23/h2-7,12,14H,8-11,13H2,1H3,(H,24,27). The number of nitrogens with one attached hydrogen (secondary N) is 1. The van der Waals surface area contributed by atoms with Gasteiger partial charge in [-0.15, -0.1) is 0 Å². The molecule has 6 nitrogen and oxygen atoms in total. The van der Waals surface area contributed by atoms with Crippen LogP contribution < -0.4 is 5.32 Å². The molecule has 1 unspecified atom stereocenters. The molecule has 0 aromatic heterocycles. The van der Waals surface area contributed by atoms with E-state index in [0.29, 0.717) is 23.1 Å². The Morgan fingerprint density at radius 1 is 1.13 bits per heavy atom. The van der Waals surface area contributed by atoms with Gasteiger partial charge in [-0.3, -0.25) is 9.69 Å². The number of benzene rings is 2. The normalized spacial score (nSPS) is 16.9. The first-order valence-corrected chi connectivity index (χ1v) is 11.6. The van der Waals surface area contributed by atoms with Crippen molar-refractivity contribution in [2.45, 2.75) is 17.9 Å². The van der Waals surface area contributed by atoms with Crippen LogP contribution in [0.2, 0.25) is 10.0 Å². The zero-order chi connectivity index (χ0) is 21.9. The van der Waals surface area contributed by atoms with Gasteiger partial charge in [0.15, 0.2) is 0 Å². The third-order valence-electron chi connectivity index (χ3n) is 4.96. The molecular weight excluding hydrogens is 452 g/mol. The van der Waals surface area contributed by atoms with Gasteiger partial charge < -0.3 is 5.32 Å². The third-order valence-corrected chi connectivity index (χ3v) is 7.45. The van der Waals surface area contributed by atoms with Gasteiger partial charge in [0.05, 0.1) is 12.6 Å². The Kier molecular flexibility index (Phi) is 7.36. The van der Waals surface area contributed by atoms with E-state index in [1.165, 1.54) is 22.5 Å². The van der Waals surface area contributed by atoms with E-state index in [4.69, 9.17) is 23.2 Å². The fraction of sp³-hybridized carbons (Fsp3) is 0.350. The molecule has 0 saturated carbocycles. The first-order valence-electron chi connectivity index (χ1n) is 9.40. The molecule has 2 aromatic rings. The largest absolute Gasteiger partial charge is 0.348 e. The van der Waals surface area contributed by atoms with Crippen LogP contribution in [0.5, 0.6) is 0 Å². The quantitative estimate of drug-likeness (QED) is 0.698. The average Bonchev–Trinajstić information content (AvgIpc) is 2.68. The highest BCUT2D eigenvalue weighted by Crippen LogP contribution is 2.26. The highest BCUT2D eigenvalue weighted by Gasteiger charge is 2.31. The van der Waals surface area contributed by atoms with Crippen LogP contribution in [0.25, 0.3) is 0 Å². The van der Waals surface area contributed by atoms with Crippen LogP contribution in [-0.2, 0) is 14.8 Å². The number of sulfonamides is 1. The van der Waals surface area contributed by atoms with Crippen molar-refractivity contribution in [1.82, 2.24) is 14.5 Å². The summed E-state index contributed by atoms with van der Waals surface area (Å²) >= 11 is 12.1. The lowest BCUT2D eigenvalue weighted by Crippen LogP contribution is -2.51. The summed E-state index contributed by atoms with van der Waals surface area (Å²) in [4.78, 5) is 13.9. The number of nitrogens with zero attached hydrogens (tertiary/aromatic N) is 2. The summed E-state index contributed by atoms with van der Waals surface area (Å²) in [5.74, 6) is -0.965. The zero-order valence-electron chi connectivity index (χ0n) is 16.3. The molecule has 1 saturated heterocycles. The molecule has 0 spiro atoms. The van der Waals surface area contributed by atoms with Crippen molar-refractivity contribution in [3.05, 3.63) is 63.9 Å². The number of hydrogen-bond donors (Lipinski definition) is 1. The lowest BCUT2D eigenvalue weighted by Gasteiger charge is -2.33. The molecule has 1 aliphatic heterocycles. The van der Waals surface area contributed by atoms with Crippen LogP contribution in [-0.4, -0.2) is 56.3 Å². The van der Waals surface area contributed by atoms with Gasteiger partial charge in [0.2, 0.25) is 15.9 Å². The molecule has 2 aromatic carbocycles. The number of hydrogen-bond acceptors (Lipinski definition) is 4. The third kappa shape index (κ3) is 5.31. The molecule has 10 heteroatoms. The van der Waals surface area contributed by atoms with Crippen LogP contribution in [0.15, 0.2) is 47.4 Å². The second kappa shape index (κ2) is 9.62. The summed E-state index contributed by atoms with van der Waals surface area (Å²) in [6.07, 6.45) is 0. The summed E-state index contributed by atoms with van der Waals surface area (Å²) in [6.45, 7) is 3.06. The van der Waals surface area contributed by atoms with Gasteiger partial charge in [-0.05, 0) is 36.8 Å². The van der Waals surface area contributed by atoms with E-state index in [0.717, 1.165) is 11.6 Å². The van der Waals surface area contributed by atoms with Crippen LogP contribution in [0.3, 0.4) is 0 Å². The number of halogens is 3. The van der Waals surface area contributed by atoms with E-state index in [2.05, 4.69) is 5.32 Å². The Hall–Kier alpha value is -1.71. The van der Waals surface area contributed by atoms with Gasteiger partial charge in [-0.25, -0.2) is 12.8 Å². The summed E-state index contributed by atoms with van der Waals surface area (Å²) in [6, 6.07) is 10.1. The molecule has 1 heterocycles. The Morgan fingerprint density at radius 3 is 2.43 bits per heavy atom. The van der Waals surface area contributed by atoms with Gasteiger partial charge in [-0.2, -0.15) is 4.31 Å². The molecule has 162 valence electrons. The molecular formula is C20H22Cl2FN3O3S. The van der Waals surface area contributed by atoms with E-state index in [1.54, 1.807) is 18.2 Å². The predicted octanol–water partition coefficient (Wildman–Crippen LogP) is 3.32. The molecule has 0 radical (unpaired) electrons. The number of rotatable bonds is 6. The summed E-state index contributed by atoms with van der Waals surface area (Å²) in [5, 5.41) is 3.88. The second-order valence-corrected chi connectivity index (χ2v) is 9.82. The van der Waals surface area contributed by atoms with Gasteiger partial charge >= 0.3 is 0 Å². The molecule has 0 aliphatic carbocycles.